The third-order valence-corrected chi connectivity index (χ3v) is 3.40. The Morgan fingerprint density at radius 2 is 1.75 bits per heavy atom. The van der Waals surface area contributed by atoms with Gasteiger partial charge in [0.2, 0.25) is 0 Å². The van der Waals surface area contributed by atoms with Crippen molar-refractivity contribution in [3.8, 4) is 0 Å². The first-order valence-electron chi connectivity index (χ1n) is 5.43. The Morgan fingerprint density at radius 1 is 1.12 bits per heavy atom. The summed E-state index contributed by atoms with van der Waals surface area (Å²) < 4.78 is 16.5. The zero-order valence-electron chi connectivity index (χ0n) is 9.42. The molecule has 3 N–H and O–H groups in total. The fraction of sp³-hybridized carbons (Fsp3) is 1.00. The maximum Gasteiger partial charge on any atom is 0.190 e. The molecule has 2 saturated heterocycles. The molecule has 0 aromatic heterocycles. The van der Waals surface area contributed by atoms with E-state index in [0.29, 0.717) is 6.42 Å². The minimum Gasteiger partial charge on any atom is -0.393 e. The molecule has 2 aliphatic heterocycles. The van der Waals surface area contributed by atoms with Crippen LogP contribution in [0.4, 0.5) is 0 Å². The Morgan fingerprint density at radius 3 is 2.19 bits per heavy atom. The van der Waals surface area contributed by atoms with Crippen molar-refractivity contribution in [2.75, 3.05) is 13.2 Å². The highest BCUT2D eigenvalue weighted by atomic mass is 16.8. The van der Waals surface area contributed by atoms with Gasteiger partial charge in [0.25, 0.3) is 0 Å². The van der Waals surface area contributed by atoms with Crippen LogP contribution in [0.15, 0.2) is 0 Å². The van der Waals surface area contributed by atoms with Crippen LogP contribution in [-0.4, -0.2) is 58.4 Å². The van der Waals surface area contributed by atoms with Crippen LogP contribution in [0.3, 0.4) is 0 Å². The molecule has 94 valence electrons. The van der Waals surface area contributed by atoms with Crippen molar-refractivity contribution in [3.63, 3.8) is 0 Å². The van der Waals surface area contributed by atoms with Gasteiger partial charge in [-0.25, -0.2) is 0 Å². The molecule has 16 heavy (non-hydrogen) atoms. The molecule has 0 aromatic carbocycles. The zero-order chi connectivity index (χ0) is 12.0. The smallest absolute Gasteiger partial charge is 0.190 e. The summed E-state index contributed by atoms with van der Waals surface area (Å²) in [4.78, 5) is 0. The van der Waals surface area contributed by atoms with Gasteiger partial charge < -0.3 is 29.5 Å². The molecule has 0 aliphatic carbocycles. The molecule has 0 amide bonds. The molecule has 4 atom stereocenters. The van der Waals surface area contributed by atoms with E-state index in [1.165, 1.54) is 0 Å². The van der Waals surface area contributed by atoms with Crippen LogP contribution in [0, 0.1) is 0 Å². The third-order valence-electron chi connectivity index (χ3n) is 3.40. The molecule has 6 heteroatoms. The summed E-state index contributed by atoms with van der Waals surface area (Å²) in [5, 5.41) is 28.3. The van der Waals surface area contributed by atoms with Crippen molar-refractivity contribution in [2.45, 2.75) is 50.2 Å². The minimum absolute atomic E-state index is 0.479. The second-order valence-electron chi connectivity index (χ2n) is 4.50. The molecular weight excluding hydrogens is 216 g/mol. The summed E-state index contributed by atoms with van der Waals surface area (Å²) in [6, 6.07) is 0. The van der Waals surface area contributed by atoms with Gasteiger partial charge in [0.1, 0.15) is 17.8 Å². The average Bonchev–Trinajstić information content (AvgIpc) is 2.74. The van der Waals surface area contributed by atoms with Crippen molar-refractivity contribution in [1.29, 1.82) is 0 Å². The van der Waals surface area contributed by atoms with E-state index in [0.717, 1.165) is 0 Å². The summed E-state index contributed by atoms with van der Waals surface area (Å²) in [6.07, 6.45) is -1.87. The Labute approximate surface area is 93.7 Å². The Kier molecular flexibility index (Phi) is 2.98. The Bertz CT molecular complexity index is 266. The number of hydrogen-bond donors (Lipinski definition) is 3. The number of hydrogen-bond acceptors (Lipinski definition) is 6. The van der Waals surface area contributed by atoms with Crippen molar-refractivity contribution in [2.24, 2.45) is 0 Å². The molecule has 2 rings (SSSR count). The summed E-state index contributed by atoms with van der Waals surface area (Å²) in [7, 11) is 0. The van der Waals surface area contributed by atoms with E-state index >= 15 is 0 Å². The van der Waals surface area contributed by atoms with Gasteiger partial charge in [-0.15, -0.1) is 0 Å². The summed E-state index contributed by atoms with van der Waals surface area (Å²) in [5.74, 6) is -0.770. The normalized spacial score (nSPS) is 45.9. The highest BCUT2D eigenvalue weighted by molar-refractivity contribution is 5.03. The van der Waals surface area contributed by atoms with Crippen LogP contribution >= 0.6 is 0 Å². The molecular formula is C10H18O6. The predicted molar refractivity (Wildman–Crippen MR) is 52.4 cm³/mol. The van der Waals surface area contributed by atoms with Crippen molar-refractivity contribution in [1.82, 2.24) is 0 Å². The van der Waals surface area contributed by atoms with E-state index in [2.05, 4.69) is 0 Å². The zero-order valence-corrected chi connectivity index (χ0v) is 9.42. The van der Waals surface area contributed by atoms with Crippen LogP contribution < -0.4 is 0 Å². The second kappa shape index (κ2) is 3.90. The summed E-state index contributed by atoms with van der Waals surface area (Å²) in [5.41, 5.74) is -1.38. The third kappa shape index (κ3) is 1.57. The van der Waals surface area contributed by atoms with Crippen LogP contribution in [0.1, 0.15) is 20.3 Å². The minimum atomic E-state index is -1.38. The maximum absolute atomic E-state index is 9.99. The molecule has 6 nitrogen and oxygen atoms in total. The van der Waals surface area contributed by atoms with E-state index in [1.807, 2.05) is 6.92 Å². The lowest BCUT2D eigenvalue weighted by Gasteiger charge is -2.31. The first-order valence-corrected chi connectivity index (χ1v) is 5.43. The molecule has 2 heterocycles. The molecule has 0 saturated carbocycles. The van der Waals surface area contributed by atoms with E-state index in [4.69, 9.17) is 14.2 Å². The van der Waals surface area contributed by atoms with Gasteiger partial charge in [-0.2, -0.15) is 0 Å². The van der Waals surface area contributed by atoms with Gasteiger partial charge >= 0.3 is 0 Å². The lowest BCUT2D eigenvalue weighted by Crippen LogP contribution is -2.50. The standard InChI is InChI=1S/C10H18O6/c1-3-9(2)14-6-7(13)10(4-11,5-12)16-8(6)15-9/h6-8,11-13H,3-5H2,1-2H3/t6-,7-,8+,9?/m1/s1. The van der Waals surface area contributed by atoms with Crippen molar-refractivity contribution < 1.29 is 29.5 Å². The number of aliphatic hydroxyl groups excluding tert-OH is 3. The fourth-order valence-electron chi connectivity index (χ4n) is 2.07. The van der Waals surface area contributed by atoms with Gasteiger partial charge in [0.05, 0.1) is 13.2 Å². The molecule has 0 bridgehead atoms. The van der Waals surface area contributed by atoms with Gasteiger partial charge in [-0.05, 0) is 13.3 Å². The van der Waals surface area contributed by atoms with Gasteiger partial charge in [0, 0.05) is 0 Å². The first-order chi connectivity index (χ1) is 7.50. The number of fused-ring (bicyclic) bond motifs is 1. The quantitative estimate of drug-likeness (QED) is 0.578. The Balaban J connectivity index is 2.15. The highest BCUT2D eigenvalue weighted by Crippen LogP contribution is 2.43. The average molecular weight is 234 g/mol. The van der Waals surface area contributed by atoms with E-state index in [1.54, 1.807) is 6.92 Å². The van der Waals surface area contributed by atoms with Crippen LogP contribution in [0.2, 0.25) is 0 Å². The second-order valence-corrected chi connectivity index (χ2v) is 4.50. The molecule has 2 aliphatic rings. The summed E-state index contributed by atoms with van der Waals surface area (Å²) >= 11 is 0. The van der Waals surface area contributed by atoms with Crippen LogP contribution in [-0.2, 0) is 14.2 Å². The van der Waals surface area contributed by atoms with E-state index in [-0.39, 0.29) is 0 Å². The van der Waals surface area contributed by atoms with Crippen molar-refractivity contribution >= 4 is 0 Å². The first kappa shape index (κ1) is 12.2. The van der Waals surface area contributed by atoms with E-state index in [9.17, 15) is 15.3 Å². The highest BCUT2D eigenvalue weighted by Gasteiger charge is 2.61. The maximum atomic E-state index is 9.99. The number of ether oxygens (including phenoxy) is 3. The van der Waals surface area contributed by atoms with Gasteiger partial charge in [-0.3, -0.25) is 0 Å². The largest absolute Gasteiger partial charge is 0.393 e. The molecule has 0 spiro atoms. The van der Waals surface area contributed by atoms with Crippen LogP contribution in [0.5, 0.6) is 0 Å². The lowest BCUT2D eigenvalue weighted by atomic mass is 9.97. The summed E-state index contributed by atoms with van der Waals surface area (Å²) in [6.45, 7) is 2.71. The lowest BCUT2D eigenvalue weighted by molar-refractivity contribution is -0.259. The molecule has 0 radical (unpaired) electrons. The van der Waals surface area contributed by atoms with Crippen LogP contribution in [0.25, 0.3) is 0 Å². The van der Waals surface area contributed by atoms with Gasteiger partial charge in [-0.1, -0.05) is 6.92 Å². The number of rotatable bonds is 3. The van der Waals surface area contributed by atoms with Gasteiger partial charge in [0.15, 0.2) is 12.1 Å². The molecule has 2 fully saturated rings. The topological polar surface area (TPSA) is 88.4 Å². The monoisotopic (exact) mass is 234 g/mol. The van der Waals surface area contributed by atoms with Crippen molar-refractivity contribution in [3.05, 3.63) is 0 Å². The molecule has 1 unspecified atom stereocenters. The fourth-order valence-corrected chi connectivity index (χ4v) is 2.07. The molecule has 0 aromatic rings. The Hall–Kier alpha value is -0.240. The SMILES string of the molecule is CCC1(C)O[C@H]2OC(CO)(CO)[C@H](O)[C@H]2O1. The van der Waals surface area contributed by atoms with E-state index < -0.39 is 43.1 Å². The predicted octanol–water partition coefficient (Wildman–Crippen LogP) is -1.03. The number of aliphatic hydroxyl groups is 3.